The first-order valence-corrected chi connectivity index (χ1v) is 9.95. The summed E-state index contributed by atoms with van der Waals surface area (Å²) in [7, 11) is 1.41. The van der Waals surface area contributed by atoms with Crippen LogP contribution in [0.5, 0.6) is 0 Å². The molecule has 0 spiro atoms. The minimum Gasteiger partial charge on any atom is -0.465 e. The minimum absolute atomic E-state index is 0.205. The van der Waals surface area contributed by atoms with E-state index in [0.717, 1.165) is 36.9 Å². The van der Waals surface area contributed by atoms with Crippen LogP contribution in [0.4, 0.5) is 5.69 Å². The van der Waals surface area contributed by atoms with Crippen LogP contribution in [0.3, 0.4) is 0 Å². The summed E-state index contributed by atoms with van der Waals surface area (Å²) in [5.41, 5.74) is 2.28. The van der Waals surface area contributed by atoms with Gasteiger partial charge in [-0.05, 0) is 74.0 Å². The van der Waals surface area contributed by atoms with E-state index in [-0.39, 0.29) is 11.4 Å². The Bertz CT molecular complexity index is 721. The van der Waals surface area contributed by atoms with E-state index < -0.39 is 0 Å². The summed E-state index contributed by atoms with van der Waals surface area (Å²) in [4.78, 5) is 27.8. The van der Waals surface area contributed by atoms with Gasteiger partial charge in [0.1, 0.15) is 0 Å². The van der Waals surface area contributed by atoms with Crippen LogP contribution in [0.15, 0.2) is 18.2 Å². The van der Waals surface area contributed by atoms with Crippen LogP contribution in [0.2, 0.25) is 0 Å². The molecule has 26 heavy (non-hydrogen) atoms. The molecule has 1 aromatic rings. The maximum atomic E-state index is 13.7. The summed E-state index contributed by atoms with van der Waals surface area (Å²) in [6.45, 7) is 5.28. The van der Waals surface area contributed by atoms with E-state index in [1.165, 1.54) is 20.0 Å². The van der Waals surface area contributed by atoms with Crippen molar-refractivity contribution in [2.75, 3.05) is 18.6 Å². The van der Waals surface area contributed by atoms with Gasteiger partial charge in [-0.1, -0.05) is 19.9 Å². The molecule has 1 aromatic carbocycles. The number of nitrogens with zero attached hydrogens (tertiary/aromatic N) is 1. The number of rotatable bonds is 2. The van der Waals surface area contributed by atoms with E-state index in [1.54, 1.807) is 6.07 Å². The first-order chi connectivity index (χ1) is 12.4. The number of fused-ring (bicyclic) bond motifs is 3. The summed E-state index contributed by atoms with van der Waals surface area (Å²) in [6.07, 6.45) is 6.33. The smallest absolute Gasteiger partial charge is 0.338 e. The van der Waals surface area contributed by atoms with E-state index in [0.29, 0.717) is 35.8 Å². The van der Waals surface area contributed by atoms with Gasteiger partial charge in [-0.2, -0.15) is 0 Å². The number of carbonyl (C=O) groups is 2. The topological polar surface area (TPSA) is 46.6 Å². The quantitative estimate of drug-likeness (QED) is 0.747. The number of carbonyl (C=O) groups excluding carboxylic acids is 2. The lowest BCUT2D eigenvalue weighted by Crippen LogP contribution is -2.50. The van der Waals surface area contributed by atoms with E-state index >= 15 is 0 Å². The summed E-state index contributed by atoms with van der Waals surface area (Å²) in [5.74, 6) is 1.91. The molecule has 4 nitrogen and oxygen atoms in total. The molecule has 0 saturated heterocycles. The van der Waals surface area contributed by atoms with Crippen LogP contribution in [-0.4, -0.2) is 25.5 Å². The van der Waals surface area contributed by atoms with Crippen LogP contribution in [0, 0.1) is 23.2 Å². The number of hydrogen-bond donors (Lipinski definition) is 0. The minimum atomic E-state index is -0.313. The summed E-state index contributed by atoms with van der Waals surface area (Å²) < 4.78 is 4.92. The number of ether oxygens (including phenoxy) is 1. The molecule has 1 amide bonds. The van der Waals surface area contributed by atoms with Crippen LogP contribution < -0.4 is 4.90 Å². The Morgan fingerprint density at radius 1 is 1.12 bits per heavy atom. The molecule has 0 N–H and O–H groups in total. The predicted molar refractivity (Wildman–Crippen MR) is 101 cm³/mol. The van der Waals surface area contributed by atoms with Gasteiger partial charge in [0.05, 0.1) is 18.1 Å². The van der Waals surface area contributed by atoms with Crippen molar-refractivity contribution < 1.29 is 14.3 Å². The molecule has 1 unspecified atom stereocenters. The molecule has 140 valence electrons. The Labute approximate surface area is 155 Å². The van der Waals surface area contributed by atoms with Gasteiger partial charge >= 0.3 is 5.97 Å². The molecule has 4 atom stereocenters. The monoisotopic (exact) mass is 355 g/mol. The second-order valence-electron chi connectivity index (χ2n) is 8.94. The number of esters is 1. The summed E-state index contributed by atoms with van der Waals surface area (Å²) in [5, 5.41) is 0. The highest BCUT2D eigenvalue weighted by Crippen LogP contribution is 2.54. The number of amides is 1. The average Bonchev–Trinajstić information content (AvgIpc) is 3.02. The Morgan fingerprint density at radius 2 is 1.81 bits per heavy atom. The van der Waals surface area contributed by atoms with E-state index in [9.17, 15) is 9.59 Å². The van der Waals surface area contributed by atoms with Gasteiger partial charge in [0.15, 0.2) is 0 Å². The van der Waals surface area contributed by atoms with E-state index in [1.807, 2.05) is 17.0 Å². The zero-order chi connectivity index (χ0) is 18.5. The van der Waals surface area contributed by atoms with Crippen LogP contribution >= 0.6 is 0 Å². The SMILES string of the molecule is COC(=O)c1cccc2c1CCN2C(=O)C12C[C@H](C)C[C@H](C[C@H](C)C1)C2. The summed E-state index contributed by atoms with van der Waals surface area (Å²) >= 11 is 0. The Balaban J connectivity index is 1.68. The number of anilines is 1. The van der Waals surface area contributed by atoms with Gasteiger partial charge in [-0.25, -0.2) is 4.79 Å². The van der Waals surface area contributed by atoms with Crippen LogP contribution in [-0.2, 0) is 16.0 Å². The third kappa shape index (κ3) is 2.74. The van der Waals surface area contributed by atoms with Gasteiger partial charge in [-0.15, -0.1) is 0 Å². The highest BCUT2D eigenvalue weighted by atomic mass is 16.5. The van der Waals surface area contributed by atoms with Gasteiger partial charge < -0.3 is 9.64 Å². The molecule has 4 rings (SSSR count). The van der Waals surface area contributed by atoms with Crippen molar-refractivity contribution in [3.05, 3.63) is 29.3 Å². The molecule has 4 heteroatoms. The molecule has 0 aromatic heterocycles. The van der Waals surface area contributed by atoms with Crippen LogP contribution in [0.1, 0.15) is 61.9 Å². The number of methoxy groups -OCH3 is 1. The molecule has 1 heterocycles. The Morgan fingerprint density at radius 3 is 2.46 bits per heavy atom. The maximum absolute atomic E-state index is 13.7. The molecule has 2 aliphatic carbocycles. The first kappa shape index (κ1) is 17.6. The molecule has 1 aliphatic heterocycles. The fourth-order valence-electron chi connectivity index (χ4n) is 6.20. The van der Waals surface area contributed by atoms with Crippen LogP contribution in [0.25, 0.3) is 0 Å². The van der Waals surface area contributed by atoms with Gasteiger partial charge in [0.2, 0.25) is 5.91 Å². The second kappa shape index (κ2) is 6.40. The highest BCUT2D eigenvalue weighted by Gasteiger charge is 2.51. The fourth-order valence-corrected chi connectivity index (χ4v) is 6.20. The van der Waals surface area contributed by atoms with Crippen molar-refractivity contribution >= 4 is 17.6 Å². The van der Waals surface area contributed by atoms with Gasteiger partial charge in [-0.3, -0.25) is 4.79 Å². The van der Waals surface area contributed by atoms with Crippen molar-refractivity contribution in [1.29, 1.82) is 0 Å². The lowest BCUT2D eigenvalue weighted by atomic mass is 9.56. The largest absolute Gasteiger partial charge is 0.465 e. The number of benzene rings is 1. The van der Waals surface area contributed by atoms with Crippen molar-refractivity contribution in [2.24, 2.45) is 23.2 Å². The number of hydrogen-bond acceptors (Lipinski definition) is 3. The molecule has 0 radical (unpaired) electrons. The Kier molecular flexibility index (Phi) is 4.32. The summed E-state index contributed by atoms with van der Waals surface area (Å²) in [6, 6.07) is 5.65. The third-order valence-corrected chi connectivity index (χ3v) is 6.76. The molecule has 2 bridgehead atoms. The molecule has 2 fully saturated rings. The van der Waals surface area contributed by atoms with Crippen molar-refractivity contribution in [1.82, 2.24) is 0 Å². The third-order valence-electron chi connectivity index (χ3n) is 6.76. The standard InChI is InChI=1S/C22H29NO3/c1-14-9-16-10-15(2)12-22(11-14,13-16)21(25)23-8-7-17-18(20(24)26-3)5-4-6-19(17)23/h4-6,14-16H,7-13H2,1-3H3/t14-,15+,16-,22?. The second-order valence-corrected chi connectivity index (χ2v) is 8.94. The van der Waals surface area contributed by atoms with Crippen molar-refractivity contribution in [3.8, 4) is 0 Å². The van der Waals surface area contributed by atoms with E-state index in [2.05, 4.69) is 13.8 Å². The molecular formula is C22H29NO3. The maximum Gasteiger partial charge on any atom is 0.338 e. The Hall–Kier alpha value is -1.84. The highest BCUT2D eigenvalue weighted by molar-refractivity contribution is 6.02. The zero-order valence-electron chi connectivity index (χ0n) is 16.1. The molecular weight excluding hydrogens is 326 g/mol. The molecule has 3 aliphatic rings. The lowest BCUT2D eigenvalue weighted by Gasteiger charge is -2.50. The normalized spacial score (nSPS) is 32.9. The fraction of sp³-hybridized carbons (Fsp3) is 0.636. The van der Waals surface area contributed by atoms with E-state index in [4.69, 9.17) is 4.74 Å². The zero-order valence-corrected chi connectivity index (χ0v) is 16.1. The lowest BCUT2D eigenvalue weighted by molar-refractivity contribution is -0.136. The first-order valence-electron chi connectivity index (χ1n) is 9.95. The average molecular weight is 355 g/mol. The van der Waals surface area contributed by atoms with Crippen molar-refractivity contribution in [2.45, 2.75) is 52.4 Å². The molecule has 2 saturated carbocycles. The van der Waals surface area contributed by atoms with Gasteiger partial charge in [0.25, 0.3) is 0 Å². The van der Waals surface area contributed by atoms with Gasteiger partial charge in [0, 0.05) is 12.2 Å². The van der Waals surface area contributed by atoms with Crippen molar-refractivity contribution in [3.63, 3.8) is 0 Å². The predicted octanol–water partition coefficient (Wildman–Crippen LogP) is 4.21.